The van der Waals surface area contributed by atoms with Gasteiger partial charge in [0.25, 0.3) is 0 Å². The van der Waals surface area contributed by atoms with Crippen LogP contribution >= 0.6 is 0 Å². The summed E-state index contributed by atoms with van der Waals surface area (Å²) in [4.78, 5) is 35.9. The molecule has 0 aromatic rings. The van der Waals surface area contributed by atoms with Crippen molar-refractivity contribution in [3.8, 4) is 0 Å². The van der Waals surface area contributed by atoms with Crippen LogP contribution in [0.15, 0.2) is 0 Å². The van der Waals surface area contributed by atoms with Gasteiger partial charge in [-0.1, -0.05) is 39.0 Å². The minimum atomic E-state index is -0.417. The van der Waals surface area contributed by atoms with Gasteiger partial charge in [-0.2, -0.15) is 0 Å². The lowest BCUT2D eigenvalue weighted by atomic mass is 10.1. The van der Waals surface area contributed by atoms with Crippen LogP contribution in [0.3, 0.4) is 0 Å². The Hall–Kier alpha value is -1.47. The highest BCUT2D eigenvalue weighted by atomic mass is 16.5. The largest absolute Gasteiger partial charge is 0.465 e. The van der Waals surface area contributed by atoms with E-state index in [-0.39, 0.29) is 25.7 Å². The van der Waals surface area contributed by atoms with Crippen molar-refractivity contribution in [3.05, 3.63) is 0 Å². The normalized spacial score (nSPS) is 16.8. The van der Waals surface area contributed by atoms with Gasteiger partial charge < -0.3 is 19.6 Å². The molecule has 1 atom stereocenters. The monoisotopic (exact) mass is 356 g/mol. The van der Waals surface area contributed by atoms with Gasteiger partial charge in [0.2, 0.25) is 0 Å². The SMILES string of the molecule is CCCCCCCCOC(=O)CN(CC=O)CC(=O)O[C@@H]1CCNC1. The predicted molar refractivity (Wildman–Crippen MR) is 94.2 cm³/mol. The standard InChI is InChI=1S/C18H32N2O5/c1-2-3-4-5-6-7-12-24-17(22)14-20(10-11-21)15-18(23)25-16-8-9-19-13-16/h11,16,19H,2-10,12-15H2,1H3/t16-/m1/s1. The van der Waals surface area contributed by atoms with Gasteiger partial charge in [0.1, 0.15) is 12.4 Å². The first-order chi connectivity index (χ1) is 12.2. The lowest BCUT2D eigenvalue weighted by molar-refractivity contribution is -0.151. The Bertz CT molecular complexity index is 397. The third-order valence-corrected chi connectivity index (χ3v) is 4.11. The van der Waals surface area contributed by atoms with Crippen molar-refractivity contribution in [3.63, 3.8) is 0 Å². The molecule has 25 heavy (non-hydrogen) atoms. The summed E-state index contributed by atoms with van der Waals surface area (Å²) in [5.41, 5.74) is 0. The Morgan fingerprint density at radius 3 is 2.52 bits per heavy atom. The molecule has 0 unspecified atom stereocenters. The van der Waals surface area contributed by atoms with Gasteiger partial charge in [-0.3, -0.25) is 14.5 Å². The van der Waals surface area contributed by atoms with Gasteiger partial charge in [-0.15, -0.1) is 0 Å². The summed E-state index contributed by atoms with van der Waals surface area (Å²) in [6.45, 7) is 3.89. The van der Waals surface area contributed by atoms with Crippen molar-refractivity contribution in [2.24, 2.45) is 0 Å². The summed E-state index contributed by atoms with van der Waals surface area (Å²) in [7, 11) is 0. The first-order valence-corrected chi connectivity index (χ1v) is 9.37. The van der Waals surface area contributed by atoms with E-state index in [1.54, 1.807) is 0 Å². The second-order valence-electron chi connectivity index (χ2n) is 6.43. The number of hydrogen-bond acceptors (Lipinski definition) is 7. The molecule has 0 radical (unpaired) electrons. The van der Waals surface area contributed by atoms with Gasteiger partial charge in [-0.05, 0) is 19.4 Å². The van der Waals surface area contributed by atoms with Crippen LogP contribution in [-0.4, -0.2) is 68.6 Å². The molecule has 7 heteroatoms. The molecule has 7 nitrogen and oxygen atoms in total. The highest BCUT2D eigenvalue weighted by Gasteiger charge is 2.21. The lowest BCUT2D eigenvalue weighted by Crippen LogP contribution is -2.38. The van der Waals surface area contributed by atoms with E-state index in [0.29, 0.717) is 19.4 Å². The van der Waals surface area contributed by atoms with E-state index < -0.39 is 11.9 Å². The quantitative estimate of drug-likeness (QED) is 0.285. The molecule has 0 aromatic heterocycles. The predicted octanol–water partition coefficient (Wildman–Crippen LogP) is 1.30. The molecule has 144 valence electrons. The number of carbonyl (C=O) groups is 3. The Morgan fingerprint density at radius 1 is 1.12 bits per heavy atom. The fourth-order valence-electron chi connectivity index (χ4n) is 2.72. The van der Waals surface area contributed by atoms with Crippen LogP contribution in [0.2, 0.25) is 0 Å². The molecule has 1 saturated heterocycles. The lowest BCUT2D eigenvalue weighted by Gasteiger charge is -2.19. The average Bonchev–Trinajstić information content (AvgIpc) is 3.07. The number of ether oxygens (including phenoxy) is 2. The van der Waals surface area contributed by atoms with Gasteiger partial charge in [0.15, 0.2) is 0 Å². The van der Waals surface area contributed by atoms with Gasteiger partial charge in [0.05, 0.1) is 26.2 Å². The number of unbranched alkanes of at least 4 members (excludes halogenated alkanes) is 5. The first-order valence-electron chi connectivity index (χ1n) is 9.37. The van der Waals surface area contributed by atoms with Crippen molar-refractivity contribution in [2.45, 2.75) is 58.0 Å². The van der Waals surface area contributed by atoms with E-state index in [9.17, 15) is 14.4 Å². The molecule has 0 amide bonds. The number of hydrogen-bond donors (Lipinski definition) is 1. The van der Waals surface area contributed by atoms with Crippen molar-refractivity contribution in [1.29, 1.82) is 0 Å². The van der Waals surface area contributed by atoms with E-state index in [1.807, 2.05) is 0 Å². The summed E-state index contributed by atoms with van der Waals surface area (Å²) in [6.07, 6.45) is 8.07. The van der Waals surface area contributed by atoms with Gasteiger partial charge >= 0.3 is 11.9 Å². The Morgan fingerprint density at radius 2 is 1.84 bits per heavy atom. The maximum absolute atomic E-state index is 11.9. The minimum Gasteiger partial charge on any atom is -0.465 e. The van der Waals surface area contributed by atoms with E-state index >= 15 is 0 Å². The van der Waals surface area contributed by atoms with E-state index in [1.165, 1.54) is 24.2 Å². The van der Waals surface area contributed by atoms with Crippen LogP contribution in [0.1, 0.15) is 51.9 Å². The van der Waals surface area contributed by atoms with E-state index in [0.717, 1.165) is 32.2 Å². The third kappa shape index (κ3) is 10.9. The molecule has 1 N–H and O–H groups in total. The summed E-state index contributed by atoms with van der Waals surface area (Å²) >= 11 is 0. The fourth-order valence-corrected chi connectivity index (χ4v) is 2.72. The first kappa shape index (κ1) is 21.6. The van der Waals surface area contributed by atoms with Crippen LogP contribution in [0.4, 0.5) is 0 Å². The van der Waals surface area contributed by atoms with Crippen molar-refractivity contribution in [1.82, 2.24) is 10.2 Å². The fraction of sp³-hybridized carbons (Fsp3) is 0.833. The smallest absolute Gasteiger partial charge is 0.320 e. The molecule has 0 bridgehead atoms. The van der Waals surface area contributed by atoms with Gasteiger partial charge in [-0.25, -0.2) is 0 Å². The average molecular weight is 356 g/mol. The molecule has 0 aliphatic carbocycles. The van der Waals surface area contributed by atoms with Crippen LogP contribution in [0.25, 0.3) is 0 Å². The van der Waals surface area contributed by atoms with Crippen molar-refractivity contribution in [2.75, 3.05) is 39.3 Å². The van der Waals surface area contributed by atoms with Gasteiger partial charge in [0, 0.05) is 6.54 Å². The zero-order chi connectivity index (χ0) is 18.3. The van der Waals surface area contributed by atoms with E-state index in [4.69, 9.17) is 9.47 Å². The van der Waals surface area contributed by atoms with Crippen molar-refractivity contribution >= 4 is 18.2 Å². The summed E-state index contributed by atoms with van der Waals surface area (Å²) in [6, 6.07) is 0. The molecule has 1 fully saturated rings. The number of nitrogens with one attached hydrogen (secondary N) is 1. The maximum atomic E-state index is 11.9. The highest BCUT2D eigenvalue weighted by Crippen LogP contribution is 2.06. The molecule has 1 rings (SSSR count). The summed E-state index contributed by atoms with van der Waals surface area (Å²) in [5.74, 6) is -0.829. The zero-order valence-electron chi connectivity index (χ0n) is 15.3. The maximum Gasteiger partial charge on any atom is 0.320 e. The summed E-state index contributed by atoms with van der Waals surface area (Å²) in [5, 5.41) is 3.11. The summed E-state index contributed by atoms with van der Waals surface area (Å²) < 4.78 is 10.5. The molecular weight excluding hydrogens is 324 g/mol. The van der Waals surface area contributed by atoms with Crippen molar-refractivity contribution < 1.29 is 23.9 Å². The molecular formula is C18H32N2O5. The van der Waals surface area contributed by atoms with E-state index in [2.05, 4.69) is 12.2 Å². The van der Waals surface area contributed by atoms with Crippen LogP contribution < -0.4 is 5.32 Å². The zero-order valence-corrected chi connectivity index (χ0v) is 15.3. The minimum absolute atomic E-state index is 0.00410. The molecule has 1 heterocycles. The Balaban J connectivity index is 2.17. The third-order valence-electron chi connectivity index (χ3n) is 4.11. The number of carbonyl (C=O) groups excluding carboxylic acids is 3. The Labute approximate surface area is 150 Å². The van der Waals surface area contributed by atoms with Crippen LogP contribution in [0, 0.1) is 0 Å². The highest BCUT2D eigenvalue weighted by molar-refractivity contribution is 5.76. The Kier molecular flexibility index (Phi) is 11.9. The number of rotatable bonds is 14. The molecule has 1 aliphatic heterocycles. The number of aldehydes is 1. The topological polar surface area (TPSA) is 84.9 Å². The van der Waals surface area contributed by atoms with Crippen LogP contribution in [-0.2, 0) is 23.9 Å². The number of nitrogens with zero attached hydrogens (tertiary/aromatic N) is 1. The second-order valence-corrected chi connectivity index (χ2v) is 6.43. The molecule has 1 aliphatic rings. The van der Waals surface area contributed by atoms with Crippen LogP contribution in [0.5, 0.6) is 0 Å². The molecule has 0 spiro atoms. The molecule has 0 aromatic carbocycles. The molecule has 0 saturated carbocycles. The second kappa shape index (κ2) is 13.8. The number of esters is 2.